The molecule has 0 unspecified atom stereocenters. The van der Waals surface area contributed by atoms with Gasteiger partial charge in [-0.05, 0) is 105 Å². The topological polar surface area (TPSA) is 9.72 Å². The Bertz CT molecular complexity index is 398. The molecule has 3 saturated heterocycles. The van der Waals surface area contributed by atoms with Gasteiger partial charge in [0.2, 0.25) is 0 Å². The smallest absolute Gasteiger partial charge is 0.0350 e. The van der Waals surface area contributed by atoms with Gasteiger partial charge in [-0.3, -0.25) is 14.7 Å². The third kappa shape index (κ3) is 4.16. The summed E-state index contributed by atoms with van der Waals surface area (Å²) in [5.74, 6) is 2.00. The van der Waals surface area contributed by atoms with Crippen LogP contribution >= 0.6 is 0 Å². The van der Waals surface area contributed by atoms with Crippen molar-refractivity contribution < 1.29 is 0 Å². The SMILES string of the molecule is CC(C)(C)N1CCC(C2CCN(C3CN(C(C)(C)C)C3)CC2)CC1. The van der Waals surface area contributed by atoms with Crippen LogP contribution < -0.4 is 0 Å². The Balaban J connectivity index is 1.39. The van der Waals surface area contributed by atoms with Crippen molar-refractivity contribution in [3.05, 3.63) is 0 Å². The van der Waals surface area contributed by atoms with Crippen LogP contribution in [-0.2, 0) is 0 Å². The molecular formula is C21H41N3. The van der Waals surface area contributed by atoms with Crippen LogP contribution in [0, 0.1) is 11.8 Å². The lowest BCUT2D eigenvalue weighted by Crippen LogP contribution is -2.65. The lowest BCUT2D eigenvalue weighted by Gasteiger charge is -2.53. The summed E-state index contributed by atoms with van der Waals surface area (Å²) < 4.78 is 0. The Morgan fingerprint density at radius 1 is 0.583 bits per heavy atom. The molecule has 3 heteroatoms. The Kier molecular flexibility index (Phi) is 5.36. The minimum atomic E-state index is 0.357. The summed E-state index contributed by atoms with van der Waals surface area (Å²) in [6.07, 6.45) is 5.77. The molecule has 0 radical (unpaired) electrons. The molecule has 0 N–H and O–H groups in total. The minimum absolute atomic E-state index is 0.357. The summed E-state index contributed by atoms with van der Waals surface area (Å²) in [5, 5.41) is 0. The highest BCUT2D eigenvalue weighted by Gasteiger charge is 2.39. The van der Waals surface area contributed by atoms with E-state index in [0.29, 0.717) is 11.1 Å². The van der Waals surface area contributed by atoms with E-state index in [2.05, 4.69) is 56.2 Å². The van der Waals surface area contributed by atoms with Crippen LogP contribution in [0.1, 0.15) is 67.2 Å². The number of piperidine rings is 2. The van der Waals surface area contributed by atoms with Gasteiger partial charge in [0.25, 0.3) is 0 Å². The normalized spacial score (nSPS) is 28.2. The fraction of sp³-hybridized carbons (Fsp3) is 1.00. The zero-order chi connectivity index (χ0) is 17.5. The number of hydrogen-bond donors (Lipinski definition) is 0. The molecule has 0 bridgehead atoms. The van der Waals surface area contributed by atoms with Crippen LogP contribution in [0.25, 0.3) is 0 Å². The molecule has 3 heterocycles. The second-order valence-electron chi connectivity index (χ2n) is 10.6. The van der Waals surface area contributed by atoms with E-state index in [1.165, 1.54) is 65.0 Å². The molecule has 3 aliphatic heterocycles. The van der Waals surface area contributed by atoms with Gasteiger partial charge in [-0.15, -0.1) is 0 Å². The maximum absolute atomic E-state index is 2.79. The molecule has 3 rings (SSSR count). The van der Waals surface area contributed by atoms with Crippen molar-refractivity contribution in [2.24, 2.45) is 11.8 Å². The minimum Gasteiger partial charge on any atom is -0.298 e. The fourth-order valence-electron chi connectivity index (χ4n) is 5.03. The van der Waals surface area contributed by atoms with Crippen molar-refractivity contribution in [1.82, 2.24) is 14.7 Å². The summed E-state index contributed by atoms with van der Waals surface area (Å²) in [6.45, 7) is 22.1. The van der Waals surface area contributed by atoms with Crippen LogP contribution in [0.2, 0.25) is 0 Å². The van der Waals surface area contributed by atoms with Crippen LogP contribution in [0.5, 0.6) is 0 Å². The lowest BCUT2D eigenvalue weighted by atomic mass is 9.77. The van der Waals surface area contributed by atoms with E-state index < -0.39 is 0 Å². The quantitative estimate of drug-likeness (QED) is 0.762. The van der Waals surface area contributed by atoms with E-state index in [1.54, 1.807) is 0 Å². The molecule has 0 aromatic heterocycles. The van der Waals surface area contributed by atoms with Gasteiger partial charge in [-0.1, -0.05) is 0 Å². The summed E-state index contributed by atoms with van der Waals surface area (Å²) in [7, 11) is 0. The first-order valence-electron chi connectivity index (χ1n) is 10.4. The van der Waals surface area contributed by atoms with Crippen LogP contribution in [0.4, 0.5) is 0 Å². The van der Waals surface area contributed by atoms with Crippen molar-refractivity contribution in [1.29, 1.82) is 0 Å². The fourth-order valence-corrected chi connectivity index (χ4v) is 5.03. The molecule has 3 nitrogen and oxygen atoms in total. The molecule has 0 amide bonds. The second-order valence-corrected chi connectivity index (χ2v) is 10.6. The number of likely N-dealkylation sites (tertiary alicyclic amines) is 3. The maximum atomic E-state index is 2.79. The molecule has 0 atom stereocenters. The largest absolute Gasteiger partial charge is 0.298 e. The number of hydrogen-bond acceptors (Lipinski definition) is 3. The molecule has 3 aliphatic rings. The summed E-state index contributed by atoms with van der Waals surface area (Å²) in [4.78, 5) is 8.11. The van der Waals surface area contributed by atoms with Gasteiger partial charge < -0.3 is 0 Å². The van der Waals surface area contributed by atoms with E-state index in [9.17, 15) is 0 Å². The van der Waals surface area contributed by atoms with E-state index in [0.717, 1.165) is 17.9 Å². The number of nitrogens with zero attached hydrogens (tertiary/aromatic N) is 3. The van der Waals surface area contributed by atoms with Crippen molar-refractivity contribution in [2.45, 2.75) is 84.3 Å². The van der Waals surface area contributed by atoms with Gasteiger partial charge >= 0.3 is 0 Å². The van der Waals surface area contributed by atoms with E-state index in [1.807, 2.05) is 0 Å². The molecule has 0 aromatic carbocycles. The first kappa shape index (κ1) is 18.7. The zero-order valence-electron chi connectivity index (χ0n) is 17.1. The van der Waals surface area contributed by atoms with Crippen molar-refractivity contribution in [2.75, 3.05) is 39.3 Å². The van der Waals surface area contributed by atoms with Crippen LogP contribution in [0.3, 0.4) is 0 Å². The monoisotopic (exact) mass is 335 g/mol. The highest BCUT2D eigenvalue weighted by molar-refractivity contribution is 4.96. The van der Waals surface area contributed by atoms with Crippen LogP contribution in [-0.4, -0.2) is 71.1 Å². The van der Waals surface area contributed by atoms with E-state index >= 15 is 0 Å². The van der Waals surface area contributed by atoms with Crippen LogP contribution in [0.15, 0.2) is 0 Å². The molecule has 0 aliphatic carbocycles. The molecule has 140 valence electrons. The molecule has 0 spiro atoms. The summed E-state index contributed by atoms with van der Waals surface area (Å²) >= 11 is 0. The Morgan fingerprint density at radius 2 is 1.00 bits per heavy atom. The van der Waals surface area contributed by atoms with Gasteiger partial charge in [0.15, 0.2) is 0 Å². The van der Waals surface area contributed by atoms with E-state index in [4.69, 9.17) is 0 Å². The maximum Gasteiger partial charge on any atom is 0.0350 e. The van der Waals surface area contributed by atoms with Crippen molar-refractivity contribution >= 4 is 0 Å². The summed E-state index contributed by atoms with van der Waals surface area (Å²) in [6, 6.07) is 0.841. The molecule has 3 fully saturated rings. The average molecular weight is 336 g/mol. The van der Waals surface area contributed by atoms with Gasteiger partial charge in [0.1, 0.15) is 0 Å². The first-order valence-corrected chi connectivity index (χ1v) is 10.4. The molecule has 0 aromatic rings. The highest BCUT2D eigenvalue weighted by Crippen LogP contribution is 2.35. The highest BCUT2D eigenvalue weighted by atomic mass is 15.3. The van der Waals surface area contributed by atoms with Crippen molar-refractivity contribution in [3.8, 4) is 0 Å². The molecule has 24 heavy (non-hydrogen) atoms. The van der Waals surface area contributed by atoms with Gasteiger partial charge in [-0.2, -0.15) is 0 Å². The Labute approximate surface area is 150 Å². The Hall–Kier alpha value is -0.120. The predicted molar refractivity (Wildman–Crippen MR) is 103 cm³/mol. The predicted octanol–water partition coefficient (Wildman–Crippen LogP) is 3.69. The third-order valence-electron chi connectivity index (χ3n) is 7.06. The molecular weight excluding hydrogens is 294 g/mol. The lowest BCUT2D eigenvalue weighted by molar-refractivity contribution is -0.0391. The number of rotatable bonds is 2. The van der Waals surface area contributed by atoms with E-state index in [-0.39, 0.29) is 0 Å². The zero-order valence-corrected chi connectivity index (χ0v) is 17.1. The van der Waals surface area contributed by atoms with Gasteiger partial charge in [-0.25, -0.2) is 0 Å². The summed E-state index contributed by atoms with van der Waals surface area (Å²) in [5.41, 5.74) is 0.716. The van der Waals surface area contributed by atoms with Crippen molar-refractivity contribution in [3.63, 3.8) is 0 Å². The molecule has 0 saturated carbocycles. The van der Waals surface area contributed by atoms with Gasteiger partial charge in [0.05, 0.1) is 0 Å². The Morgan fingerprint density at radius 3 is 1.42 bits per heavy atom. The average Bonchev–Trinajstić information content (AvgIpc) is 2.44. The second kappa shape index (κ2) is 6.89. The van der Waals surface area contributed by atoms with Gasteiger partial charge in [0, 0.05) is 30.2 Å². The third-order valence-corrected chi connectivity index (χ3v) is 7.06. The first-order chi connectivity index (χ1) is 11.1. The standard InChI is InChI=1S/C21H41N3/c1-20(2,3)23-13-9-18(10-14-23)17-7-11-22(12-8-17)19-15-24(16-19)21(4,5)6/h17-19H,7-16H2,1-6H3.